The van der Waals surface area contributed by atoms with Crippen molar-refractivity contribution >= 4 is 5.97 Å². The van der Waals surface area contributed by atoms with Gasteiger partial charge in [0.25, 0.3) is 0 Å². The lowest BCUT2D eigenvalue weighted by Gasteiger charge is -2.25. The minimum Gasteiger partial charge on any atom is -0.481 e. The second kappa shape index (κ2) is 4.70. The molecule has 1 aromatic rings. The zero-order valence-corrected chi connectivity index (χ0v) is 10.3. The van der Waals surface area contributed by atoms with Crippen molar-refractivity contribution in [1.82, 2.24) is 4.90 Å². The Morgan fingerprint density at radius 3 is 2.56 bits per heavy atom. The average molecular weight is 225 g/mol. The van der Waals surface area contributed by atoms with E-state index in [0.717, 1.165) is 11.5 Å². The van der Waals surface area contributed by atoms with E-state index in [1.54, 1.807) is 13.8 Å². The molecule has 0 radical (unpaired) electrons. The van der Waals surface area contributed by atoms with Crippen LogP contribution in [0.25, 0.3) is 0 Å². The SMILES string of the molecule is Cc1ccc(CN(C)CC(C)(C)C(=O)O)o1. The highest BCUT2D eigenvalue weighted by molar-refractivity contribution is 5.73. The van der Waals surface area contributed by atoms with Crippen molar-refractivity contribution in [3.05, 3.63) is 23.7 Å². The third-order valence-corrected chi connectivity index (χ3v) is 2.47. The Bertz CT molecular complexity index is 368. The largest absolute Gasteiger partial charge is 0.481 e. The lowest BCUT2D eigenvalue weighted by molar-refractivity contribution is -0.147. The van der Waals surface area contributed by atoms with Gasteiger partial charge in [-0.15, -0.1) is 0 Å². The third-order valence-electron chi connectivity index (χ3n) is 2.47. The Kier molecular flexibility index (Phi) is 3.75. The van der Waals surface area contributed by atoms with E-state index >= 15 is 0 Å². The van der Waals surface area contributed by atoms with Crippen molar-refractivity contribution in [2.75, 3.05) is 13.6 Å². The van der Waals surface area contributed by atoms with Crippen molar-refractivity contribution in [2.24, 2.45) is 5.41 Å². The molecule has 0 aliphatic heterocycles. The van der Waals surface area contributed by atoms with E-state index in [1.165, 1.54) is 0 Å². The summed E-state index contributed by atoms with van der Waals surface area (Å²) in [6, 6.07) is 3.82. The fourth-order valence-electron chi connectivity index (χ4n) is 1.63. The zero-order valence-electron chi connectivity index (χ0n) is 10.3. The molecule has 1 rings (SSSR count). The summed E-state index contributed by atoms with van der Waals surface area (Å²) in [5, 5.41) is 9.01. The van der Waals surface area contributed by atoms with E-state index in [1.807, 2.05) is 31.0 Å². The molecule has 0 fully saturated rings. The van der Waals surface area contributed by atoms with Gasteiger partial charge >= 0.3 is 5.97 Å². The molecule has 4 nitrogen and oxygen atoms in total. The van der Waals surface area contributed by atoms with Gasteiger partial charge in [0, 0.05) is 6.54 Å². The van der Waals surface area contributed by atoms with Crippen LogP contribution in [0, 0.1) is 12.3 Å². The van der Waals surface area contributed by atoms with Crippen LogP contribution in [0.2, 0.25) is 0 Å². The first-order chi connectivity index (χ1) is 7.31. The van der Waals surface area contributed by atoms with Gasteiger partial charge in [0.2, 0.25) is 0 Å². The lowest BCUT2D eigenvalue weighted by atomic mass is 9.93. The van der Waals surface area contributed by atoms with Crippen LogP contribution in [0.3, 0.4) is 0 Å². The van der Waals surface area contributed by atoms with Crippen molar-refractivity contribution < 1.29 is 14.3 Å². The van der Waals surface area contributed by atoms with Crippen molar-refractivity contribution in [3.63, 3.8) is 0 Å². The van der Waals surface area contributed by atoms with E-state index in [9.17, 15) is 4.79 Å². The molecule has 1 aromatic heterocycles. The number of hydrogen-bond donors (Lipinski definition) is 1. The van der Waals surface area contributed by atoms with Gasteiger partial charge < -0.3 is 9.52 Å². The molecule has 0 unspecified atom stereocenters. The number of rotatable bonds is 5. The standard InChI is InChI=1S/C12H19NO3/c1-9-5-6-10(16-9)7-13(4)8-12(2,3)11(14)15/h5-6H,7-8H2,1-4H3,(H,14,15). The van der Waals surface area contributed by atoms with Crippen LogP contribution < -0.4 is 0 Å². The molecule has 16 heavy (non-hydrogen) atoms. The Labute approximate surface area is 95.9 Å². The number of aryl methyl sites for hydroxylation is 1. The Morgan fingerprint density at radius 1 is 1.50 bits per heavy atom. The van der Waals surface area contributed by atoms with Crippen molar-refractivity contribution in [2.45, 2.75) is 27.3 Å². The summed E-state index contributed by atoms with van der Waals surface area (Å²) in [6.07, 6.45) is 0. The second-order valence-corrected chi connectivity index (χ2v) is 4.87. The number of hydrogen-bond acceptors (Lipinski definition) is 3. The van der Waals surface area contributed by atoms with Gasteiger partial charge in [0.15, 0.2) is 0 Å². The summed E-state index contributed by atoms with van der Waals surface area (Å²) < 4.78 is 5.44. The quantitative estimate of drug-likeness (QED) is 0.834. The first-order valence-corrected chi connectivity index (χ1v) is 5.28. The van der Waals surface area contributed by atoms with Gasteiger partial charge in [-0.05, 0) is 40.0 Å². The number of carboxylic acids is 1. The molecule has 90 valence electrons. The van der Waals surface area contributed by atoms with Crippen LogP contribution in [0.5, 0.6) is 0 Å². The molecule has 0 saturated heterocycles. The highest BCUT2D eigenvalue weighted by Crippen LogP contribution is 2.18. The molecule has 0 amide bonds. The van der Waals surface area contributed by atoms with E-state index in [0.29, 0.717) is 13.1 Å². The Morgan fingerprint density at radius 2 is 2.12 bits per heavy atom. The van der Waals surface area contributed by atoms with Crippen molar-refractivity contribution in [3.8, 4) is 0 Å². The van der Waals surface area contributed by atoms with Crippen LogP contribution in [-0.4, -0.2) is 29.6 Å². The van der Waals surface area contributed by atoms with Crippen LogP contribution in [0.15, 0.2) is 16.5 Å². The van der Waals surface area contributed by atoms with Crippen molar-refractivity contribution in [1.29, 1.82) is 0 Å². The lowest BCUT2D eigenvalue weighted by Crippen LogP contribution is -2.36. The first kappa shape index (κ1) is 12.8. The smallest absolute Gasteiger partial charge is 0.310 e. The summed E-state index contributed by atoms with van der Waals surface area (Å²) >= 11 is 0. The summed E-state index contributed by atoms with van der Waals surface area (Å²) in [6.45, 7) is 6.45. The first-order valence-electron chi connectivity index (χ1n) is 5.28. The normalized spacial score (nSPS) is 12.1. The van der Waals surface area contributed by atoms with Gasteiger partial charge in [-0.1, -0.05) is 0 Å². The van der Waals surface area contributed by atoms with Crippen LogP contribution in [0.4, 0.5) is 0 Å². The average Bonchev–Trinajstić information content (AvgIpc) is 2.49. The fraction of sp³-hybridized carbons (Fsp3) is 0.583. The maximum absolute atomic E-state index is 11.0. The zero-order chi connectivity index (χ0) is 12.3. The molecule has 0 aromatic carbocycles. The van der Waals surface area contributed by atoms with Gasteiger partial charge in [-0.25, -0.2) is 0 Å². The molecule has 0 aliphatic rings. The van der Waals surface area contributed by atoms with Gasteiger partial charge in [0.1, 0.15) is 11.5 Å². The fourth-order valence-corrected chi connectivity index (χ4v) is 1.63. The topological polar surface area (TPSA) is 53.7 Å². The second-order valence-electron chi connectivity index (χ2n) is 4.87. The minimum atomic E-state index is -0.782. The minimum absolute atomic E-state index is 0.488. The predicted molar refractivity (Wildman–Crippen MR) is 61.2 cm³/mol. The molecular formula is C12H19NO3. The molecule has 0 saturated carbocycles. The third kappa shape index (κ3) is 3.38. The predicted octanol–water partition coefficient (Wildman–Crippen LogP) is 2.13. The number of aliphatic carboxylic acids is 1. The molecule has 0 atom stereocenters. The number of carboxylic acid groups (broad SMARTS) is 1. The summed E-state index contributed by atoms with van der Waals surface area (Å²) in [7, 11) is 1.89. The molecular weight excluding hydrogens is 206 g/mol. The van der Waals surface area contributed by atoms with Gasteiger partial charge in [0.05, 0.1) is 12.0 Å². The molecule has 1 heterocycles. The summed E-state index contributed by atoms with van der Waals surface area (Å²) in [4.78, 5) is 12.9. The molecule has 0 aliphatic carbocycles. The van der Waals surface area contributed by atoms with Gasteiger partial charge in [-0.2, -0.15) is 0 Å². The molecule has 1 N–H and O–H groups in total. The number of carbonyl (C=O) groups is 1. The summed E-state index contributed by atoms with van der Waals surface area (Å²) in [5.74, 6) is 0.956. The summed E-state index contributed by atoms with van der Waals surface area (Å²) in [5.41, 5.74) is -0.740. The molecule has 4 heteroatoms. The number of nitrogens with zero attached hydrogens (tertiary/aromatic N) is 1. The maximum atomic E-state index is 11.0. The monoisotopic (exact) mass is 225 g/mol. The Balaban J connectivity index is 2.54. The van der Waals surface area contributed by atoms with E-state index in [-0.39, 0.29) is 0 Å². The van der Waals surface area contributed by atoms with E-state index in [4.69, 9.17) is 9.52 Å². The highest BCUT2D eigenvalue weighted by atomic mass is 16.4. The highest BCUT2D eigenvalue weighted by Gasteiger charge is 2.28. The molecule has 0 bridgehead atoms. The number of furan rings is 1. The Hall–Kier alpha value is -1.29. The van der Waals surface area contributed by atoms with Crippen LogP contribution in [-0.2, 0) is 11.3 Å². The van der Waals surface area contributed by atoms with E-state index < -0.39 is 11.4 Å². The maximum Gasteiger partial charge on any atom is 0.310 e. The molecule has 0 spiro atoms. The van der Waals surface area contributed by atoms with Crippen LogP contribution >= 0.6 is 0 Å². The van der Waals surface area contributed by atoms with Crippen LogP contribution in [0.1, 0.15) is 25.4 Å². The van der Waals surface area contributed by atoms with E-state index in [2.05, 4.69) is 0 Å². The van der Waals surface area contributed by atoms with Gasteiger partial charge in [-0.3, -0.25) is 9.69 Å².